The molecular formula is C52H41N. The van der Waals surface area contributed by atoms with Crippen LogP contribution in [-0.4, -0.2) is 0 Å². The fourth-order valence-corrected chi connectivity index (χ4v) is 9.30. The van der Waals surface area contributed by atoms with Crippen LogP contribution in [0.25, 0.3) is 55.3 Å². The van der Waals surface area contributed by atoms with Gasteiger partial charge in [-0.1, -0.05) is 167 Å². The molecule has 0 N–H and O–H groups in total. The molecule has 0 fully saturated rings. The monoisotopic (exact) mass is 679 g/mol. The molecule has 0 bridgehead atoms. The van der Waals surface area contributed by atoms with Gasteiger partial charge in [0.15, 0.2) is 0 Å². The number of hydrogen-bond acceptors (Lipinski definition) is 1. The predicted molar refractivity (Wildman–Crippen MR) is 225 cm³/mol. The highest BCUT2D eigenvalue weighted by Crippen LogP contribution is 2.54. The van der Waals surface area contributed by atoms with Gasteiger partial charge in [-0.25, -0.2) is 0 Å². The van der Waals surface area contributed by atoms with E-state index in [1.165, 1.54) is 88.9 Å². The molecule has 8 aromatic rings. The van der Waals surface area contributed by atoms with E-state index in [1.54, 1.807) is 0 Å². The van der Waals surface area contributed by atoms with E-state index in [-0.39, 0.29) is 10.8 Å². The van der Waals surface area contributed by atoms with E-state index in [0.29, 0.717) is 0 Å². The lowest BCUT2D eigenvalue weighted by Gasteiger charge is -2.31. The van der Waals surface area contributed by atoms with Gasteiger partial charge in [0.25, 0.3) is 0 Å². The van der Waals surface area contributed by atoms with Crippen molar-refractivity contribution in [3.05, 3.63) is 198 Å². The maximum absolute atomic E-state index is 2.49. The van der Waals surface area contributed by atoms with Crippen molar-refractivity contribution in [1.29, 1.82) is 0 Å². The number of benzene rings is 8. The molecular weight excluding hydrogens is 639 g/mol. The molecule has 2 aliphatic rings. The van der Waals surface area contributed by atoms with Gasteiger partial charge in [0.05, 0.1) is 5.69 Å². The van der Waals surface area contributed by atoms with Crippen LogP contribution in [0.1, 0.15) is 49.9 Å². The van der Waals surface area contributed by atoms with Gasteiger partial charge in [0.1, 0.15) is 0 Å². The second kappa shape index (κ2) is 11.7. The van der Waals surface area contributed by atoms with Crippen LogP contribution in [0.3, 0.4) is 0 Å². The zero-order valence-electron chi connectivity index (χ0n) is 30.7. The van der Waals surface area contributed by atoms with Crippen molar-refractivity contribution in [3.8, 4) is 44.5 Å². The molecule has 0 atom stereocenters. The number of hydrogen-bond donors (Lipinski definition) is 0. The molecule has 53 heavy (non-hydrogen) atoms. The van der Waals surface area contributed by atoms with Crippen LogP contribution >= 0.6 is 0 Å². The Morgan fingerprint density at radius 2 is 0.849 bits per heavy atom. The summed E-state index contributed by atoms with van der Waals surface area (Å²) in [5, 5.41) is 2.56. The van der Waals surface area contributed by atoms with E-state index < -0.39 is 0 Å². The van der Waals surface area contributed by atoms with Crippen molar-refractivity contribution in [2.45, 2.75) is 38.5 Å². The van der Waals surface area contributed by atoms with Crippen molar-refractivity contribution < 1.29 is 0 Å². The first-order valence-electron chi connectivity index (χ1n) is 18.8. The number of fused-ring (bicyclic) bond motifs is 7. The molecule has 0 aliphatic heterocycles. The van der Waals surface area contributed by atoms with E-state index in [4.69, 9.17) is 0 Å². The highest BCUT2D eigenvalue weighted by molar-refractivity contribution is 5.98. The Balaban J connectivity index is 1.14. The van der Waals surface area contributed by atoms with Crippen LogP contribution in [-0.2, 0) is 10.8 Å². The number of nitrogens with zero attached hydrogens (tertiary/aromatic N) is 1. The average molecular weight is 680 g/mol. The summed E-state index contributed by atoms with van der Waals surface area (Å²) < 4.78 is 0. The third kappa shape index (κ3) is 4.77. The lowest BCUT2D eigenvalue weighted by Crippen LogP contribution is -2.18. The zero-order valence-corrected chi connectivity index (χ0v) is 30.7. The first kappa shape index (κ1) is 31.5. The SMILES string of the molecule is CC1(C)c2ccccc2-c2ccc(N(c3ccc4c(c3)C(C)(C)c3cc(-c5cccc6ccccc56)ccc3-4)c3ccccc3-c3ccccc3)cc21. The Kier molecular flexibility index (Phi) is 6.94. The summed E-state index contributed by atoms with van der Waals surface area (Å²) in [7, 11) is 0. The van der Waals surface area contributed by atoms with E-state index in [2.05, 4.69) is 209 Å². The van der Waals surface area contributed by atoms with Crippen LogP contribution in [0.15, 0.2) is 176 Å². The highest BCUT2D eigenvalue weighted by atomic mass is 15.1. The fourth-order valence-electron chi connectivity index (χ4n) is 9.30. The summed E-state index contributed by atoms with van der Waals surface area (Å²) in [5.74, 6) is 0. The summed E-state index contributed by atoms with van der Waals surface area (Å²) in [6, 6.07) is 65.3. The minimum absolute atomic E-state index is 0.101. The van der Waals surface area contributed by atoms with Gasteiger partial charge >= 0.3 is 0 Å². The Hall–Kier alpha value is -6.18. The third-order valence-electron chi connectivity index (χ3n) is 12.1. The number of para-hydroxylation sites is 1. The normalized spacial score (nSPS) is 14.3. The summed E-state index contributed by atoms with van der Waals surface area (Å²) in [5.41, 5.74) is 19.0. The van der Waals surface area contributed by atoms with E-state index in [1.807, 2.05) is 0 Å². The Morgan fingerprint density at radius 3 is 1.58 bits per heavy atom. The average Bonchev–Trinajstić information content (AvgIpc) is 3.57. The van der Waals surface area contributed by atoms with Crippen molar-refractivity contribution in [2.75, 3.05) is 4.90 Å². The van der Waals surface area contributed by atoms with Gasteiger partial charge in [0.2, 0.25) is 0 Å². The molecule has 0 aromatic heterocycles. The summed E-state index contributed by atoms with van der Waals surface area (Å²) in [6.07, 6.45) is 0. The molecule has 1 heteroatoms. The highest BCUT2D eigenvalue weighted by Gasteiger charge is 2.38. The second-order valence-electron chi connectivity index (χ2n) is 15.8. The maximum Gasteiger partial charge on any atom is 0.0540 e. The molecule has 0 spiro atoms. The quantitative estimate of drug-likeness (QED) is 0.175. The molecule has 1 nitrogen and oxygen atoms in total. The maximum atomic E-state index is 2.49. The van der Waals surface area contributed by atoms with Gasteiger partial charge in [0, 0.05) is 27.8 Å². The van der Waals surface area contributed by atoms with Crippen molar-refractivity contribution in [2.24, 2.45) is 0 Å². The van der Waals surface area contributed by atoms with Gasteiger partial charge < -0.3 is 4.90 Å². The van der Waals surface area contributed by atoms with Crippen molar-refractivity contribution in [3.63, 3.8) is 0 Å². The minimum atomic E-state index is -0.187. The molecule has 8 aromatic carbocycles. The smallest absolute Gasteiger partial charge is 0.0540 e. The zero-order chi connectivity index (χ0) is 35.9. The molecule has 10 rings (SSSR count). The lowest BCUT2D eigenvalue weighted by molar-refractivity contribution is 0.660. The van der Waals surface area contributed by atoms with E-state index in [9.17, 15) is 0 Å². The van der Waals surface area contributed by atoms with Gasteiger partial charge in [-0.2, -0.15) is 0 Å². The van der Waals surface area contributed by atoms with E-state index in [0.717, 1.165) is 5.69 Å². The minimum Gasteiger partial charge on any atom is -0.310 e. The summed E-state index contributed by atoms with van der Waals surface area (Å²) in [4.78, 5) is 2.49. The van der Waals surface area contributed by atoms with Crippen LogP contribution in [0.5, 0.6) is 0 Å². The van der Waals surface area contributed by atoms with Crippen molar-refractivity contribution >= 4 is 27.8 Å². The van der Waals surface area contributed by atoms with Gasteiger partial charge in [-0.3, -0.25) is 0 Å². The Morgan fingerprint density at radius 1 is 0.340 bits per heavy atom. The van der Waals surface area contributed by atoms with Crippen LogP contribution in [0.2, 0.25) is 0 Å². The molecule has 0 unspecified atom stereocenters. The largest absolute Gasteiger partial charge is 0.310 e. The third-order valence-corrected chi connectivity index (χ3v) is 12.1. The summed E-state index contributed by atoms with van der Waals surface area (Å²) >= 11 is 0. The first-order valence-corrected chi connectivity index (χ1v) is 18.8. The molecule has 2 aliphatic carbocycles. The van der Waals surface area contributed by atoms with Gasteiger partial charge in [-0.15, -0.1) is 0 Å². The van der Waals surface area contributed by atoms with Crippen LogP contribution in [0, 0.1) is 0 Å². The topological polar surface area (TPSA) is 3.24 Å². The van der Waals surface area contributed by atoms with Crippen LogP contribution < -0.4 is 4.90 Å². The molecule has 254 valence electrons. The van der Waals surface area contributed by atoms with Crippen molar-refractivity contribution in [1.82, 2.24) is 0 Å². The molecule has 0 saturated heterocycles. The number of rotatable bonds is 5. The molecule has 0 radical (unpaired) electrons. The second-order valence-corrected chi connectivity index (χ2v) is 15.8. The molecule has 0 amide bonds. The number of anilines is 3. The standard InChI is InChI=1S/C52H41N/c1-51(2)46-23-12-10-21-42(46)44-29-26-37(32-48(44)51)53(50-24-13-11-20-41(50)35-15-6-5-7-16-35)38-27-30-45-43-28-25-36(31-47(43)52(3,4)49(45)33-38)40-22-14-18-34-17-8-9-19-39(34)40/h5-33H,1-4H3. The Bertz CT molecular complexity index is 2730. The molecule has 0 saturated carbocycles. The molecule has 0 heterocycles. The first-order chi connectivity index (χ1) is 25.8. The van der Waals surface area contributed by atoms with E-state index >= 15 is 0 Å². The van der Waals surface area contributed by atoms with Gasteiger partial charge in [-0.05, 0) is 108 Å². The fraction of sp³-hybridized carbons (Fsp3) is 0.115. The van der Waals surface area contributed by atoms with Crippen LogP contribution in [0.4, 0.5) is 17.1 Å². The Labute approximate surface area is 312 Å². The summed E-state index contributed by atoms with van der Waals surface area (Å²) in [6.45, 7) is 9.52. The predicted octanol–water partition coefficient (Wildman–Crippen LogP) is 14.3. The lowest BCUT2D eigenvalue weighted by atomic mass is 9.81.